The third-order valence-corrected chi connectivity index (χ3v) is 6.26. The van der Waals surface area contributed by atoms with Gasteiger partial charge in [0.1, 0.15) is 11.4 Å². The van der Waals surface area contributed by atoms with E-state index in [9.17, 15) is 9.90 Å². The number of aryl methyl sites for hydroxylation is 1. The van der Waals surface area contributed by atoms with Gasteiger partial charge in [0.25, 0.3) is 0 Å². The van der Waals surface area contributed by atoms with E-state index in [-0.39, 0.29) is 17.4 Å². The lowest BCUT2D eigenvalue weighted by Gasteiger charge is -2.40. The summed E-state index contributed by atoms with van der Waals surface area (Å²) in [4.78, 5) is 15.2. The molecule has 2 aromatic rings. The number of anilines is 1. The Labute approximate surface area is 166 Å². The minimum atomic E-state index is -0.921. The van der Waals surface area contributed by atoms with Crippen LogP contribution in [0.15, 0.2) is 36.5 Å². The molecule has 1 aromatic carbocycles. The Morgan fingerprint density at radius 2 is 1.75 bits per heavy atom. The molecule has 2 fully saturated rings. The van der Waals surface area contributed by atoms with E-state index in [1.807, 2.05) is 62.3 Å². The molecule has 1 spiro atoms. The predicted molar refractivity (Wildman–Crippen MR) is 107 cm³/mol. The summed E-state index contributed by atoms with van der Waals surface area (Å²) < 4.78 is 7.41. The summed E-state index contributed by atoms with van der Waals surface area (Å²) in [5.41, 5.74) is 0.362. The van der Waals surface area contributed by atoms with Crippen LogP contribution in [0.25, 0.3) is 0 Å². The molecule has 2 aliphatic rings. The first kappa shape index (κ1) is 19.0. The Morgan fingerprint density at radius 3 is 2.32 bits per heavy atom. The molecular formula is C22H29N3O3. The third kappa shape index (κ3) is 3.30. The molecule has 1 aromatic heterocycles. The van der Waals surface area contributed by atoms with Gasteiger partial charge in [-0.05, 0) is 76.3 Å². The van der Waals surface area contributed by atoms with E-state index < -0.39 is 5.60 Å². The summed E-state index contributed by atoms with van der Waals surface area (Å²) in [5, 5.41) is 15.4. The standard InChI is InChI=1S/C22H29N3O3/c1-16(2)28-18-6-4-17(5-7-18)25-15-13-21(20(25)26)9-11-22(27,12-10-21)19-8-14-24(3)23-19/h4-8,14,16,27H,9-13,15H2,1-3H3/t21-,22+. The van der Waals surface area contributed by atoms with Crippen molar-refractivity contribution in [2.45, 2.75) is 57.7 Å². The van der Waals surface area contributed by atoms with E-state index in [0.717, 1.165) is 24.4 Å². The monoisotopic (exact) mass is 383 g/mol. The fraction of sp³-hybridized carbons (Fsp3) is 0.545. The van der Waals surface area contributed by atoms with Gasteiger partial charge in [-0.3, -0.25) is 9.48 Å². The topological polar surface area (TPSA) is 67.6 Å². The number of hydrogen-bond acceptors (Lipinski definition) is 4. The van der Waals surface area contributed by atoms with Crippen LogP contribution >= 0.6 is 0 Å². The maximum absolute atomic E-state index is 13.3. The maximum atomic E-state index is 13.3. The SMILES string of the molecule is CC(C)Oc1ccc(N2CC[C@]3(CC[C@@](O)(c4ccn(C)n4)CC3)C2=O)cc1. The van der Waals surface area contributed by atoms with E-state index in [4.69, 9.17) is 4.74 Å². The van der Waals surface area contributed by atoms with Crippen LogP contribution in [0.3, 0.4) is 0 Å². The molecule has 4 rings (SSSR count). The zero-order valence-electron chi connectivity index (χ0n) is 16.9. The van der Waals surface area contributed by atoms with Crippen molar-refractivity contribution < 1.29 is 14.6 Å². The van der Waals surface area contributed by atoms with Crippen molar-refractivity contribution in [2.24, 2.45) is 12.5 Å². The van der Waals surface area contributed by atoms with Gasteiger partial charge in [0.05, 0.1) is 17.2 Å². The van der Waals surface area contributed by atoms with Crippen molar-refractivity contribution in [1.82, 2.24) is 9.78 Å². The van der Waals surface area contributed by atoms with Gasteiger partial charge < -0.3 is 14.7 Å². The van der Waals surface area contributed by atoms with Crippen molar-refractivity contribution in [3.8, 4) is 5.75 Å². The zero-order valence-corrected chi connectivity index (χ0v) is 16.9. The highest BCUT2D eigenvalue weighted by Crippen LogP contribution is 2.51. The first-order valence-electron chi connectivity index (χ1n) is 10.1. The molecule has 0 unspecified atom stereocenters. The van der Waals surface area contributed by atoms with Crippen LogP contribution in [-0.4, -0.2) is 33.4 Å². The van der Waals surface area contributed by atoms with E-state index in [2.05, 4.69) is 5.10 Å². The average Bonchev–Trinajstić information content (AvgIpc) is 3.24. The third-order valence-electron chi connectivity index (χ3n) is 6.26. The summed E-state index contributed by atoms with van der Waals surface area (Å²) in [6.45, 7) is 4.72. The molecule has 28 heavy (non-hydrogen) atoms. The quantitative estimate of drug-likeness (QED) is 0.879. The normalized spacial score (nSPS) is 27.8. The van der Waals surface area contributed by atoms with E-state index in [0.29, 0.717) is 31.4 Å². The molecular weight excluding hydrogens is 354 g/mol. The van der Waals surface area contributed by atoms with Crippen LogP contribution < -0.4 is 9.64 Å². The second-order valence-electron chi connectivity index (χ2n) is 8.55. The molecule has 1 aliphatic carbocycles. The smallest absolute Gasteiger partial charge is 0.233 e. The molecule has 0 bridgehead atoms. The summed E-state index contributed by atoms with van der Waals surface area (Å²) in [6, 6.07) is 9.65. The minimum absolute atomic E-state index is 0.127. The lowest BCUT2D eigenvalue weighted by Crippen LogP contribution is -2.42. The van der Waals surface area contributed by atoms with Gasteiger partial charge in [-0.25, -0.2) is 0 Å². The fourth-order valence-corrected chi connectivity index (χ4v) is 4.57. The highest BCUT2D eigenvalue weighted by atomic mass is 16.5. The molecule has 0 atom stereocenters. The summed E-state index contributed by atoms with van der Waals surface area (Å²) in [5.74, 6) is 1.01. The molecule has 6 heteroatoms. The van der Waals surface area contributed by atoms with Gasteiger partial charge in [-0.1, -0.05) is 0 Å². The number of nitrogens with zero attached hydrogens (tertiary/aromatic N) is 3. The van der Waals surface area contributed by atoms with Gasteiger partial charge in [-0.2, -0.15) is 5.10 Å². The molecule has 1 saturated carbocycles. The van der Waals surface area contributed by atoms with Crippen molar-refractivity contribution in [1.29, 1.82) is 0 Å². The lowest BCUT2D eigenvalue weighted by atomic mass is 9.67. The van der Waals surface area contributed by atoms with Crippen LogP contribution in [0.4, 0.5) is 5.69 Å². The van der Waals surface area contributed by atoms with Crippen molar-refractivity contribution >= 4 is 11.6 Å². The Balaban J connectivity index is 1.46. The number of aliphatic hydroxyl groups is 1. The minimum Gasteiger partial charge on any atom is -0.491 e. The highest BCUT2D eigenvalue weighted by Gasteiger charge is 2.52. The van der Waals surface area contributed by atoms with Gasteiger partial charge in [-0.15, -0.1) is 0 Å². The average molecular weight is 383 g/mol. The maximum Gasteiger partial charge on any atom is 0.233 e. The molecule has 1 N–H and O–H groups in total. The predicted octanol–water partition coefficient (Wildman–Crippen LogP) is 3.39. The number of rotatable bonds is 4. The second-order valence-corrected chi connectivity index (χ2v) is 8.55. The van der Waals surface area contributed by atoms with Crippen LogP contribution in [0.5, 0.6) is 5.75 Å². The van der Waals surface area contributed by atoms with Crippen molar-refractivity contribution in [2.75, 3.05) is 11.4 Å². The fourth-order valence-electron chi connectivity index (χ4n) is 4.57. The number of aromatic nitrogens is 2. The Hall–Kier alpha value is -2.34. The number of hydrogen-bond donors (Lipinski definition) is 1. The largest absolute Gasteiger partial charge is 0.491 e. The second kappa shape index (κ2) is 6.92. The number of benzene rings is 1. The van der Waals surface area contributed by atoms with Crippen molar-refractivity contribution in [3.05, 3.63) is 42.2 Å². The Bertz CT molecular complexity index is 848. The molecule has 1 amide bonds. The van der Waals surface area contributed by atoms with E-state index >= 15 is 0 Å². The Morgan fingerprint density at radius 1 is 1.07 bits per heavy atom. The summed E-state index contributed by atoms with van der Waals surface area (Å²) in [6.07, 6.45) is 5.37. The first-order chi connectivity index (χ1) is 13.3. The molecule has 150 valence electrons. The van der Waals surface area contributed by atoms with Gasteiger partial charge >= 0.3 is 0 Å². The van der Waals surface area contributed by atoms with Crippen LogP contribution in [-0.2, 0) is 17.4 Å². The summed E-state index contributed by atoms with van der Waals surface area (Å²) >= 11 is 0. The molecule has 2 heterocycles. The molecule has 1 aliphatic heterocycles. The van der Waals surface area contributed by atoms with E-state index in [1.54, 1.807) is 4.68 Å². The highest BCUT2D eigenvalue weighted by molar-refractivity contribution is 6.00. The lowest BCUT2D eigenvalue weighted by molar-refractivity contribution is -0.131. The van der Waals surface area contributed by atoms with E-state index in [1.165, 1.54) is 0 Å². The number of carbonyl (C=O) groups is 1. The van der Waals surface area contributed by atoms with Crippen LogP contribution in [0.1, 0.15) is 51.6 Å². The van der Waals surface area contributed by atoms with Gasteiger partial charge in [0, 0.05) is 25.5 Å². The van der Waals surface area contributed by atoms with Crippen LogP contribution in [0.2, 0.25) is 0 Å². The number of amides is 1. The first-order valence-corrected chi connectivity index (χ1v) is 10.1. The molecule has 6 nitrogen and oxygen atoms in total. The van der Waals surface area contributed by atoms with Crippen LogP contribution in [0, 0.1) is 5.41 Å². The number of ether oxygens (including phenoxy) is 1. The molecule has 0 radical (unpaired) electrons. The number of carbonyl (C=O) groups excluding carboxylic acids is 1. The molecule has 1 saturated heterocycles. The van der Waals surface area contributed by atoms with Gasteiger partial charge in [0.2, 0.25) is 5.91 Å². The Kier molecular flexibility index (Phi) is 4.70. The zero-order chi connectivity index (χ0) is 19.9. The summed E-state index contributed by atoms with van der Waals surface area (Å²) in [7, 11) is 1.85. The van der Waals surface area contributed by atoms with Crippen molar-refractivity contribution in [3.63, 3.8) is 0 Å². The van der Waals surface area contributed by atoms with Gasteiger partial charge in [0.15, 0.2) is 0 Å².